The number of hydrogen-bond acceptors (Lipinski definition) is 0. The molecule has 0 amide bonds. The van der Waals surface area contributed by atoms with E-state index in [1.165, 1.54) is 38.6 Å². The predicted octanol–water partition coefficient (Wildman–Crippen LogP) is 7.18. The number of fused-ring (bicyclic) bond motifs is 5. The molecule has 0 fully saturated rings. The zero-order valence-electron chi connectivity index (χ0n) is 22.3. The summed E-state index contributed by atoms with van der Waals surface area (Å²) < 4.78 is 25.2. The summed E-state index contributed by atoms with van der Waals surface area (Å²) in [5.41, 5.74) is 8.88. The van der Waals surface area contributed by atoms with Crippen molar-refractivity contribution in [1.82, 2.24) is 0 Å². The molecule has 1 aromatic heterocycles. The number of hydrogen-bond donors (Lipinski definition) is 0. The number of pyridine rings is 1. The molecule has 0 saturated heterocycles. The van der Waals surface area contributed by atoms with Gasteiger partial charge in [0, 0.05) is 26.7 Å². The van der Waals surface area contributed by atoms with Gasteiger partial charge in [0.2, 0.25) is 5.69 Å². The first-order valence-corrected chi connectivity index (χ1v) is 11.0. The van der Waals surface area contributed by atoms with E-state index < -0.39 is 6.85 Å². The Labute approximate surface area is 190 Å². The highest BCUT2D eigenvalue weighted by atomic mass is 14.9. The molecule has 5 rings (SSSR count). The van der Waals surface area contributed by atoms with E-state index >= 15 is 0 Å². The normalized spacial score (nSPS) is 17.9. The Hall–Kier alpha value is -2.93. The van der Waals surface area contributed by atoms with Crippen molar-refractivity contribution in [1.29, 1.82) is 0 Å². The second-order valence-electron chi connectivity index (χ2n) is 10.1. The van der Waals surface area contributed by atoms with E-state index in [-0.39, 0.29) is 10.8 Å². The standard InChI is InChI=1S/C30H32N/c1-19-12-15-27(31(7)18-19)24-17-26-25(16-20(24)2)23-14-13-21-10-8-9-11-22(21)28(23)30(5,6)29(26,3)4/h8-18H,1-7H3/q+1/i1D3. The maximum atomic E-state index is 7.75. The van der Waals surface area contributed by atoms with Crippen LogP contribution in [0, 0.1) is 13.8 Å². The topological polar surface area (TPSA) is 3.88 Å². The van der Waals surface area contributed by atoms with E-state index in [1.807, 2.05) is 17.7 Å². The molecular formula is C30H32N+. The van der Waals surface area contributed by atoms with Crippen LogP contribution in [0.1, 0.15) is 54.1 Å². The summed E-state index contributed by atoms with van der Waals surface area (Å²) in [6.07, 6.45) is 1.73. The zero-order valence-corrected chi connectivity index (χ0v) is 19.3. The lowest BCUT2D eigenvalue weighted by Crippen LogP contribution is -2.44. The van der Waals surface area contributed by atoms with Crippen molar-refractivity contribution in [2.24, 2.45) is 7.05 Å². The van der Waals surface area contributed by atoms with E-state index in [0.29, 0.717) is 5.56 Å². The Balaban J connectivity index is 1.79. The van der Waals surface area contributed by atoms with Crippen LogP contribution in [0.2, 0.25) is 0 Å². The molecule has 1 heterocycles. The Morgan fingerprint density at radius 1 is 0.806 bits per heavy atom. The maximum absolute atomic E-state index is 7.75. The highest BCUT2D eigenvalue weighted by molar-refractivity contribution is 5.96. The summed E-state index contributed by atoms with van der Waals surface area (Å²) in [5.74, 6) is 0. The third kappa shape index (κ3) is 2.72. The molecule has 1 heteroatoms. The average molecular weight is 410 g/mol. The van der Waals surface area contributed by atoms with Gasteiger partial charge in [0.25, 0.3) is 0 Å². The van der Waals surface area contributed by atoms with Gasteiger partial charge < -0.3 is 0 Å². The molecule has 0 spiro atoms. The molecular weight excluding hydrogens is 374 g/mol. The molecule has 31 heavy (non-hydrogen) atoms. The number of aryl methyl sites for hydroxylation is 3. The van der Waals surface area contributed by atoms with E-state index in [4.69, 9.17) is 4.11 Å². The van der Waals surface area contributed by atoms with Crippen molar-refractivity contribution in [2.75, 3.05) is 0 Å². The van der Waals surface area contributed by atoms with Crippen molar-refractivity contribution < 1.29 is 8.68 Å². The van der Waals surface area contributed by atoms with Gasteiger partial charge in [-0.15, -0.1) is 0 Å². The molecule has 0 aliphatic heterocycles. The van der Waals surface area contributed by atoms with Gasteiger partial charge in [0.05, 0.1) is 0 Å². The maximum Gasteiger partial charge on any atom is 0.212 e. The van der Waals surface area contributed by atoms with Crippen LogP contribution in [0.4, 0.5) is 0 Å². The summed E-state index contributed by atoms with van der Waals surface area (Å²) in [7, 11) is 1.93. The first-order valence-electron chi connectivity index (χ1n) is 12.5. The summed E-state index contributed by atoms with van der Waals surface area (Å²) in [6.45, 7) is 9.49. The van der Waals surface area contributed by atoms with Crippen molar-refractivity contribution in [3.05, 3.63) is 89.1 Å². The number of aromatic nitrogens is 1. The second kappa shape index (κ2) is 6.53. The highest BCUT2D eigenvalue weighted by Crippen LogP contribution is 2.56. The fourth-order valence-corrected chi connectivity index (χ4v) is 5.43. The smallest absolute Gasteiger partial charge is 0.201 e. The second-order valence-corrected chi connectivity index (χ2v) is 10.1. The summed E-state index contributed by atoms with van der Waals surface area (Å²) in [5, 5.41) is 2.61. The van der Waals surface area contributed by atoms with Crippen molar-refractivity contribution in [3.8, 4) is 22.4 Å². The van der Waals surface area contributed by atoms with Gasteiger partial charge in [0.1, 0.15) is 7.05 Å². The molecule has 0 saturated carbocycles. The molecule has 0 unspecified atom stereocenters. The van der Waals surface area contributed by atoms with Gasteiger partial charge in [-0.3, -0.25) is 0 Å². The Morgan fingerprint density at radius 2 is 1.58 bits per heavy atom. The molecule has 0 N–H and O–H groups in total. The van der Waals surface area contributed by atoms with E-state index in [2.05, 4.69) is 83.1 Å². The third-order valence-electron chi connectivity index (χ3n) is 7.85. The van der Waals surface area contributed by atoms with Crippen LogP contribution in [0.15, 0.2) is 66.9 Å². The first-order chi connectivity index (χ1) is 15.8. The van der Waals surface area contributed by atoms with Gasteiger partial charge in [0.15, 0.2) is 6.20 Å². The Kier molecular flexibility index (Phi) is 3.52. The largest absolute Gasteiger partial charge is 0.212 e. The van der Waals surface area contributed by atoms with E-state index in [1.54, 1.807) is 12.3 Å². The third-order valence-corrected chi connectivity index (χ3v) is 7.85. The van der Waals surface area contributed by atoms with Crippen LogP contribution in [-0.2, 0) is 17.9 Å². The lowest BCUT2D eigenvalue weighted by molar-refractivity contribution is -0.660. The van der Waals surface area contributed by atoms with Gasteiger partial charge in [-0.1, -0.05) is 70.2 Å². The SMILES string of the molecule is [2H]C([2H])([2H])c1ccc(-c2cc3c(cc2C)-c2ccc4ccccc4c2C(C)(C)C3(C)C)[n+](C)c1. The lowest BCUT2D eigenvalue weighted by atomic mass is 9.54. The number of benzene rings is 3. The molecule has 1 nitrogen and oxygen atoms in total. The molecule has 0 bridgehead atoms. The monoisotopic (exact) mass is 409 g/mol. The molecule has 156 valence electrons. The van der Waals surface area contributed by atoms with Gasteiger partial charge in [-0.05, 0) is 69.9 Å². The van der Waals surface area contributed by atoms with Crippen LogP contribution in [0.25, 0.3) is 33.2 Å². The summed E-state index contributed by atoms with van der Waals surface area (Å²) in [4.78, 5) is 0. The van der Waals surface area contributed by atoms with Crippen LogP contribution in [0.5, 0.6) is 0 Å². The van der Waals surface area contributed by atoms with Crippen LogP contribution < -0.4 is 4.57 Å². The van der Waals surface area contributed by atoms with Crippen LogP contribution in [-0.4, -0.2) is 0 Å². The van der Waals surface area contributed by atoms with Crippen molar-refractivity contribution >= 4 is 10.8 Å². The molecule has 1 aliphatic carbocycles. The zero-order chi connectivity index (χ0) is 24.6. The average Bonchev–Trinajstić information content (AvgIpc) is 2.76. The minimum atomic E-state index is -2.11. The molecule has 0 radical (unpaired) electrons. The summed E-state index contributed by atoms with van der Waals surface area (Å²) >= 11 is 0. The first kappa shape index (κ1) is 16.7. The van der Waals surface area contributed by atoms with Crippen LogP contribution >= 0.6 is 0 Å². The lowest BCUT2D eigenvalue weighted by Gasteiger charge is -2.49. The van der Waals surface area contributed by atoms with Crippen molar-refractivity contribution in [2.45, 2.75) is 52.3 Å². The minimum absolute atomic E-state index is 0.0873. The van der Waals surface area contributed by atoms with Gasteiger partial charge in [-0.2, -0.15) is 0 Å². The molecule has 1 aliphatic rings. The van der Waals surface area contributed by atoms with E-state index in [0.717, 1.165) is 11.3 Å². The molecule has 0 atom stereocenters. The fourth-order valence-electron chi connectivity index (χ4n) is 5.43. The highest BCUT2D eigenvalue weighted by Gasteiger charge is 2.47. The fraction of sp³-hybridized carbons (Fsp3) is 0.300. The van der Waals surface area contributed by atoms with Crippen molar-refractivity contribution in [3.63, 3.8) is 0 Å². The molecule has 4 aromatic rings. The quantitative estimate of drug-likeness (QED) is 0.293. The Bertz CT molecular complexity index is 1460. The minimum Gasteiger partial charge on any atom is -0.201 e. The Morgan fingerprint density at radius 3 is 2.32 bits per heavy atom. The summed E-state index contributed by atoms with van der Waals surface area (Å²) in [6, 6.07) is 21.6. The van der Waals surface area contributed by atoms with Crippen LogP contribution in [0.3, 0.4) is 0 Å². The molecule has 3 aromatic carbocycles. The number of rotatable bonds is 1. The number of nitrogens with zero attached hydrogens (tertiary/aromatic N) is 1. The van der Waals surface area contributed by atoms with Gasteiger partial charge >= 0.3 is 0 Å². The van der Waals surface area contributed by atoms with E-state index in [9.17, 15) is 0 Å². The predicted molar refractivity (Wildman–Crippen MR) is 132 cm³/mol. The van der Waals surface area contributed by atoms with Gasteiger partial charge in [-0.25, -0.2) is 4.57 Å².